The van der Waals surface area contributed by atoms with Crippen LogP contribution in [-0.2, 0) is 11.2 Å². The molecule has 5 nitrogen and oxygen atoms in total. The second-order valence-corrected chi connectivity index (χ2v) is 4.44. The number of aromatic nitrogens is 2. The predicted molar refractivity (Wildman–Crippen MR) is 69.5 cm³/mol. The van der Waals surface area contributed by atoms with Gasteiger partial charge in [-0.05, 0) is 12.1 Å². The molecular formula is C12H13N3O2S. The lowest BCUT2D eigenvalue weighted by atomic mass is 10.3. The minimum Gasteiger partial charge on any atom is -0.416 e. The zero-order chi connectivity index (χ0) is 12.8. The summed E-state index contributed by atoms with van der Waals surface area (Å²) in [5.41, 5.74) is 0.780. The van der Waals surface area contributed by atoms with Gasteiger partial charge in [0, 0.05) is 12.1 Å². The van der Waals surface area contributed by atoms with Gasteiger partial charge in [0.1, 0.15) is 0 Å². The van der Waals surface area contributed by atoms with E-state index < -0.39 is 0 Å². The molecule has 94 valence electrons. The highest BCUT2D eigenvalue weighted by Gasteiger charge is 2.08. The van der Waals surface area contributed by atoms with Gasteiger partial charge in [-0.15, -0.1) is 10.2 Å². The summed E-state index contributed by atoms with van der Waals surface area (Å²) < 4.78 is 5.29. The maximum Gasteiger partial charge on any atom is 0.277 e. The molecule has 0 fully saturated rings. The molecule has 1 N–H and O–H groups in total. The average molecular weight is 263 g/mol. The van der Waals surface area contributed by atoms with E-state index in [1.807, 2.05) is 37.3 Å². The highest BCUT2D eigenvalue weighted by Crippen LogP contribution is 2.16. The van der Waals surface area contributed by atoms with Crippen LogP contribution in [0.3, 0.4) is 0 Å². The molecule has 18 heavy (non-hydrogen) atoms. The van der Waals surface area contributed by atoms with E-state index in [-0.39, 0.29) is 11.7 Å². The second kappa shape index (κ2) is 6.20. The van der Waals surface area contributed by atoms with Crippen LogP contribution in [0.2, 0.25) is 0 Å². The van der Waals surface area contributed by atoms with Crippen molar-refractivity contribution in [3.05, 3.63) is 36.2 Å². The van der Waals surface area contributed by atoms with Crippen molar-refractivity contribution in [2.24, 2.45) is 0 Å². The van der Waals surface area contributed by atoms with E-state index in [0.29, 0.717) is 17.5 Å². The summed E-state index contributed by atoms with van der Waals surface area (Å²) in [7, 11) is 0. The number of hydrogen-bond donors (Lipinski definition) is 1. The molecule has 0 bridgehead atoms. The number of carbonyl (C=O) groups is 1. The molecule has 0 atom stereocenters. The molecule has 0 aliphatic heterocycles. The minimum absolute atomic E-state index is 0.0950. The third-order valence-electron chi connectivity index (χ3n) is 2.14. The normalized spacial score (nSPS) is 10.3. The molecule has 1 aromatic heterocycles. The summed E-state index contributed by atoms with van der Waals surface area (Å²) in [4.78, 5) is 11.6. The molecule has 0 saturated heterocycles. The number of amides is 1. The highest BCUT2D eigenvalue weighted by atomic mass is 32.2. The number of carbonyl (C=O) groups excluding carboxylic acids is 1. The van der Waals surface area contributed by atoms with Crippen LogP contribution in [0.4, 0.5) is 5.69 Å². The van der Waals surface area contributed by atoms with Crippen molar-refractivity contribution >= 4 is 23.4 Å². The number of nitrogens with one attached hydrogen (secondary N) is 1. The Kier molecular flexibility index (Phi) is 4.35. The predicted octanol–water partition coefficient (Wildman–Crippen LogP) is 2.36. The summed E-state index contributed by atoms with van der Waals surface area (Å²) >= 11 is 1.23. The zero-order valence-electron chi connectivity index (χ0n) is 9.92. The van der Waals surface area contributed by atoms with Crippen LogP contribution in [0.15, 0.2) is 40.0 Å². The topological polar surface area (TPSA) is 68.0 Å². The van der Waals surface area contributed by atoms with Crippen LogP contribution < -0.4 is 5.32 Å². The van der Waals surface area contributed by atoms with Gasteiger partial charge in [-0.1, -0.05) is 36.9 Å². The third-order valence-corrected chi connectivity index (χ3v) is 2.95. The summed E-state index contributed by atoms with van der Waals surface area (Å²) in [6.07, 6.45) is 0.698. The van der Waals surface area contributed by atoms with Gasteiger partial charge in [0.2, 0.25) is 11.8 Å². The number of aryl methyl sites for hydroxylation is 1. The molecule has 1 heterocycles. The fourth-order valence-electron chi connectivity index (χ4n) is 1.29. The molecule has 0 spiro atoms. The van der Waals surface area contributed by atoms with E-state index in [9.17, 15) is 4.79 Å². The van der Waals surface area contributed by atoms with Crippen molar-refractivity contribution in [3.63, 3.8) is 0 Å². The Hall–Kier alpha value is -1.82. The fourth-order valence-corrected chi connectivity index (χ4v) is 1.87. The van der Waals surface area contributed by atoms with Crippen molar-refractivity contribution in [3.8, 4) is 0 Å². The molecule has 6 heteroatoms. The van der Waals surface area contributed by atoms with E-state index in [0.717, 1.165) is 5.69 Å². The maximum absolute atomic E-state index is 11.6. The molecule has 1 aromatic carbocycles. The molecule has 0 unspecified atom stereocenters. The van der Waals surface area contributed by atoms with Crippen molar-refractivity contribution in [1.82, 2.24) is 10.2 Å². The number of nitrogens with zero attached hydrogens (tertiary/aromatic N) is 2. The van der Waals surface area contributed by atoms with Crippen molar-refractivity contribution < 1.29 is 9.21 Å². The van der Waals surface area contributed by atoms with Gasteiger partial charge in [0.15, 0.2) is 0 Å². The number of benzene rings is 1. The van der Waals surface area contributed by atoms with Gasteiger partial charge in [-0.25, -0.2) is 0 Å². The number of hydrogen-bond acceptors (Lipinski definition) is 5. The summed E-state index contributed by atoms with van der Waals surface area (Å²) in [5.74, 6) is 0.740. The summed E-state index contributed by atoms with van der Waals surface area (Å²) in [5, 5.41) is 10.9. The molecule has 0 aliphatic carbocycles. The molecule has 0 radical (unpaired) electrons. The average Bonchev–Trinajstić information content (AvgIpc) is 2.85. The highest BCUT2D eigenvalue weighted by molar-refractivity contribution is 7.99. The Morgan fingerprint density at radius 2 is 2.11 bits per heavy atom. The molecule has 2 rings (SSSR count). The number of thioether (sulfide) groups is 1. The van der Waals surface area contributed by atoms with Gasteiger partial charge in [0.05, 0.1) is 5.75 Å². The van der Waals surface area contributed by atoms with Crippen molar-refractivity contribution in [1.29, 1.82) is 0 Å². The second-order valence-electron chi connectivity index (χ2n) is 3.52. The van der Waals surface area contributed by atoms with Crippen molar-refractivity contribution in [2.45, 2.75) is 18.6 Å². The monoisotopic (exact) mass is 263 g/mol. The van der Waals surface area contributed by atoms with Gasteiger partial charge in [-0.2, -0.15) is 0 Å². The van der Waals surface area contributed by atoms with Crippen LogP contribution >= 0.6 is 11.8 Å². The minimum atomic E-state index is -0.0950. The van der Waals surface area contributed by atoms with E-state index in [1.54, 1.807) is 0 Å². The molecule has 1 amide bonds. The Morgan fingerprint density at radius 1 is 1.33 bits per heavy atom. The number of rotatable bonds is 5. The summed E-state index contributed by atoms with van der Waals surface area (Å²) in [6, 6.07) is 9.31. The van der Waals surface area contributed by atoms with Crippen molar-refractivity contribution in [2.75, 3.05) is 11.1 Å². The molecular weight excluding hydrogens is 250 g/mol. The first-order valence-corrected chi connectivity index (χ1v) is 6.56. The van der Waals surface area contributed by atoms with E-state index in [2.05, 4.69) is 15.5 Å². The number of anilines is 1. The first-order valence-electron chi connectivity index (χ1n) is 5.58. The Labute approximate surface area is 109 Å². The SMILES string of the molecule is CCc1nnc(SCC(=O)Nc2ccccc2)o1. The molecule has 2 aromatic rings. The largest absolute Gasteiger partial charge is 0.416 e. The van der Waals surface area contributed by atoms with E-state index >= 15 is 0 Å². The number of para-hydroxylation sites is 1. The molecule has 0 saturated carbocycles. The van der Waals surface area contributed by atoms with Gasteiger partial charge in [0.25, 0.3) is 5.22 Å². The summed E-state index contributed by atoms with van der Waals surface area (Å²) in [6.45, 7) is 1.93. The lowest BCUT2D eigenvalue weighted by molar-refractivity contribution is -0.113. The van der Waals surface area contributed by atoms with E-state index in [1.165, 1.54) is 11.8 Å². The fraction of sp³-hybridized carbons (Fsp3) is 0.250. The Morgan fingerprint density at radius 3 is 2.78 bits per heavy atom. The third kappa shape index (κ3) is 3.59. The quantitative estimate of drug-likeness (QED) is 0.839. The Bertz CT molecular complexity index is 513. The van der Waals surface area contributed by atoms with Crippen LogP contribution in [0.1, 0.15) is 12.8 Å². The van der Waals surface area contributed by atoms with Gasteiger partial charge < -0.3 is 9.73 Å². The lowest BCUT2D eigenvalue weighted by Crippen LogP contribution is -2.13. The van der Waals surface area contributed by atoms with Gasteiger partial charge in [-0.3, -0.25) is 4.79 Å². The van der Waals surface area contributed by atoms with Crippen LogP contribution in [0.25, 0.3) is 0 Å². The van der Waals surface area contributed by atoms with Crippen LogP contribution in [0, 0.1) is 0 Å². The standard InChI is InChI=1S/C12H13N3O2S/c1-2-11-14-15-12(17-11)18-8-10(16)13-9-6-4-3-5-7-9/h3-7H,2,8H2,1H3,(H,13,16). The first-order chi connectivity index (χ1) is 8.78. The maximum atomic E-state index is 11.6. The zero-order valence-corrected chi connectivity index (χ0v) is 10.7. The Balaban J connectivity index is 1.81. The molecule has 0 aliphatic rings. The smallest absolute Gasteiger partial charge is 0.277 e. The van der Waals surface area contributed by atoms with E-state index in [4.69, 9.17) is 4.42 Å². The van der Waals surface area contributed by atoms with Crippen LogP contribution in [0.5, 0.6) is 0 Å². The first kappa shape index (κ1) is 12.6. The lowest BCUT2D eigenvalue weighted by Gasteiger charge is -2.02. The van der Waals surface area contributed by atoms with Gasteiger partial charge >= 0.3 is 0 Å². The van der Waals surface area contributed by atoms with Crippen LogP contribution in [-0.4, -0.2) is 21.9 Å².